The quantitative estimate of drug-likeness (QED) is 0.770. The molecular weight excluding hydrogens is 226 g/mol. The summed E-state index contributed by atoms with van der Waals surface area (Å²) in [4.78, 5) is 0. The molecule has 0 aromatic carbocycles. The molecule has 1 N–H and O–H groups in total. The van der Waals surface area contributed by atoms with Crippen LogP contribution in [0.4, 0.5) is 0 Å². The summed E-state index contributed by atoms with van der Waals surface area (Å²) >= 11 is 0. The van der Waals surface area contributed by atoms with Crippen LogP contribution >= 0.6 is 0 Å². The molecule has 0 aliphatic heterocycles. The minimum atomic E-state index is -3.15. The predicted octanol–water partition coefficient (Wildman–Crippen LogP) is 1.21. The number of aliphatic hydroxyl groups is 1. The summed E-state index contributed by atoms with van der Waals surface area (Å²) in [7, 11) is -1.49. The van der Waals surface area contributed by atoms with E-state index in [2.05, 4.69) is 0 Å². The van der Waals surface area contributed by atoms with E-state index in [0.717, 1.165) is 12.8 Å². The fourth-order valence-electron chi connectivity index (χ4n) is 2.25. The normalized spacial score (nSPS) is 19.2. The summed E-state index contributed by atoms with van der Waals surface area (Å²) in [5.74, 6) is 0.592. The predicted molar refractivity (Wildman–Crippen MR) is 64.7 cm³/mol. The second kappa shape index (κ2) is 6.57. The summed E-state index contributed by atoms with van der Waals surface area (Å²) in [6, 6.07) is 0. The Morgan fingerprint density at radius 2 is 1.88 bits per heavy atom. The molecule has 0 amide bonds. The van der Waals surface area contributed by atoms with E-state index in [-0.39, 0.29) is 12.4 Å². The van der Waals surface area contributed by atoms with Crippen molar-refractivity contribution >= 4 is 10.0 Å². The molecule has 1 saturated carbocycles. The van der Waals surface area contributed by atoms with Gasteiger partial charge in [-0.2, -0.15) is 0 Å². The van der Waals surface area contributed by atoms with Crippen molar-refractivity contribution in [1.29, 1.82) is 0 Å². The van der Waals surface area contributed by atoms with E-state index in [9.17, 15) is 8.42 Å². The highest BCUT2D eigenvalue weighted by atomic mass is 32.2. The average Bonchev–Trinajstić information content (AvgIpc) is 2.28. The van der Waals surface area contributed by atoms with Crippen molar-refractivity contribution in [2.45, 2.75) is 38.5 Å². The summed E-state index contributed by atoms with van der Waals surface area (Å²) < 4.78 is 25.0. The second-order valence-electron chi connectivity index (χ2n) is 4.68. The molecule has 0 heterocycles. The molecule has 96 valence electrons. The Hall–Kier alpha value is -0.130. The molecule has 0 unspecified atom stereocenters. The number of nitrogens with zero attached hydrogens (tertiary/aromatic N) is 1. The molecule has 16 heavy (non-hydrogen) atoms. The number of hydrogen-bond donors (Lipinski definition) is 1. The Morgan fingerprint density at radius 1 is 1.25 bits per heavy atom. The lowest BCUT2D eigenvalue weighted by atomic mass is 9.89. The molecule has 1 fully saturated rings. The van der Waals surface area contributed by atoms with Crippen LogP contribution in [-0.4, -0.2) is 43.8 Å². The van der Waals surface area contributed by atoms with Gasteiger partial charge in [-0.3, -0.25) is 0 Å². The van der Waals surface area contributed by atoms with Crippen LogP contribution in [-0.2, 0) is 10.0 Å². The summed E-state index contributed by atoms with van der Waals surface area (Å²) in [5, 5.41) is 8.65. The van der Waals surface area contributed by atoms with Gasteiger partial charge in [0.05, 0.1) is 5.75 Å². The van der Waals surface area contributed by atoms with Crippen LogP contribution in [0, 0.1) is 5.92 Å². The number of rotatable bonds is 6. The van der Waals surface area contributed by atoms with Crippen LogP contribution in [0.2, 0.25) is 0 Å². The molecule has 0 aromatic heterocycles. The van der Waals surface area contributed by atoms with Crippen LogP contribution in [0.25, 0.3) is 0 Å². The van der Waals surface area contributed by atoms with Crippen molar-refractivity contribution in [3.8, 4) is 0 Å². The van der Waals surface area contributed by atoms with Gasteiger partial charge in [0.15, 0.2) is 0 Å². The van der Waals surface area contributed by atoms with Gasteiger partial charge in [0.1, 0.15) is 0 Å². The van der Waals surface area contributed by atoms with Gasteiger partial charge in [0.2, 0.25) is 10.0 Å². The van der Waals surface area contributed by atoms with Gasteiger partial charge in [0.25, 0.3) is 0 Å². The standard InChI is InChI=1S/C11H23NO3S/c1-12(16(14,15)9-5-8-13)10-11-6-3-2-4-7-11/h11,13H,2-10H2,1H3. The maximum absolute atomic E-state index is 11.8. The third kappa shape index (κ3) is 4.39. The van der Waals surface area contributed by atoms with E-state index in [4.69, 9.17) is 5.11 Å². The van der Waals surface area contributed by atoms with Gasteiger partial charge < -0.3 is 5.11 Å². The van der Waals surface area contributed by atoms with Crippen LogP contribution in [0.15, 0.2) is 0 Å². The molecule has 0 radical (unpaired) electrons. The van der Waals surface area contributed by atoms with Gasteiger partial charge in [0, 0.05) is 20.2 Å². The van der Waals surface area contributed by atoms with E-state index in [1.165, 1.54) is 23.6 Å². The Labute approximate surface area is 98.7 Å². The van der Waals surface area contributed by atoms with Gasteiger partial charge in [-0.1, -0.05) is 19.3 Å². The second-order valence-corrected chi connectivity index (χ2v) is 6.87. The van der Waals surface area contributed by atoms with Gasteiger partial charge in [-0.15, -0.1) is 0 Å². The molecule has 1 aliphatic rings. The van der Waals surface area contributed by atoms with Crippen LogP contribution in [0.5, 0.6) is 0 Å². The molecule has 5 heteroatoms. The molecule has 0 saturated heterocycles. The van der Waals surface area contributed by atoms with Crippen molar-refractivity contribution in [1.82, 2.24) is 4.31 Å². The first-order valence-corrected chi connectivity index (χ1v) is 7.72. The smallest absolute Gasteiger partial charge is 0.213 e. The first-order chi connectivity index (χ1) is 7.56. The number of aliphatic hydroxyl groups excluding tert-OH is 1. The fourth-order valence-corrected chi connectivity index (χ4v) is 3.49. The molecule has 4 nitrogen and oxygen atoms in total. The first-order valence-electron chi connectivity index (χ1n) is 6.11. The van der Waals surface area contributed by atoms with Crippen molar-refractivity contribution in [2.75, 3.05) is 26.0 Å². The fraction of sp³-hybridized carbons (Fsp3) is 1.00. The highest BCUT2D eigenvalue weighted by molar-refractivity contribution is 7.89. The zero-order chi connectivity index (χ0) is 12.0. The van der Waals surface area contributed by atoms with E-state index in [1.54, 1.807) is 7.05 Å². The monoisotopic (exact) mass is 249 g/mol. The average molecular weight is 249 g/mol. The maximum Gasteiger partial charge on any atom is 0.213 e. The Kier molecular flexibility index (Phi) is 5.72. The zero-order valence-corrected chi connectivity index (χ0v) is 10.9. The molecule has 0 atom stereocenters. The topological polar surface area (TPSA) is 57.6 Å². The van der Waals surface area contributed by atoms with Crippen molar-refractivity contribution in [3.05, 3.63) is 0 Å². The first kappa shape index (κ1) is 13.9. The lowest BCUT2D eigenvalue weighted by molar-refractivity contribution is 0.288. The molecular formula is C11H23NO3S. The SMILES string of the molecule is CN(CC1CCCCC1)S(=O)(=O)CCCO. The highest BCUT2D eigenvalue weighted by Crippen LogP contribution is 2.24. The van der Waals surface area contributed by atoms with E-state index in [1.807, 2.05) is 0 Å². The van der Waals surface area contributed by atoms with E-state index in [0.29, 0.717) is 18.9 Å². The molecule has 0 aromatic rings. The number of sulfonamides is 1. The lowest BCUT2D eigenvalue weighted by Gasteiger charge is -2.26. The zero-order valence-electron chi connectivity index (χ0n) is 10.1. The Balaban J connectivity index is 2.40. The molecule has 1 rings (SSSR count). The van der Waals surface area contributed by atoms with E-state index >= 15 is 0 Å². The molecule has 1 aliphatic carbocycles. The van der Waals surface area contributed by atoms with Crippen molar-refractivity contribution in [2.24, 2.45) is 5.92 Å². The maximum atomic E-state index is 11.8. The highest BCUT2D eigenvalue weighted by Gasteiger charge is 2.22. The van der Waals surface area contributed by atoms with Gasteiger partial charge >= 0.3 is 0 Å². The van der Waals surface area contributed by atoms with Crippen molar-refractivity contribution < 1.29 is 13.5 Å². The van der Waals surface area contributed by atoms with Crippen LogP contribution < -0.4 is 0 Å². The third-order valence-electron chi connectivity index (χ3n) is 3.28. The lowest BCUT2D eigenvalue weighted by Crippen LogP contribution is -2.34. The van der Waals surface area contributed by atoms with E-state index < -0.39 is 10.0 Å². The summed E-state index contributed by atoms with van der Waals surface area (Å²) in [6.07, 6.45) is 6.39. The third-order valence-corrected chi connectivity index (χ3v) is 5.18. The van der Waals surface area contributed by atoms with Gasteiger partial charge in [-0.25, -0.2) is 12.7 Å². The summed E-state index contributed by atoms with van der Waals surface area (Å²) in [6.45, 7) is 0.588. The molecule has 0 spiro atoms. The van der Waals surface area contributed by atoms with Gasteiger partial charge in [-0.05, 0) is 25.2 Å². The largest absolute Gasteiger partial charge is 0.396 e. The summed E-state index contributed by atoms with van der Waals surface area (Å²) in [5.41, 5.74) is 0. The number of hydrogen-bond acceptors (Lipinski definition) is 3. The Bertz CT molecular complexity index is 284. The van der Waals surface area contributed by atoms with Crippen molar-refractivity contribution in [3.63, 3.8) is 0 Å². The Morgan fingerprint density at radius 3 is 2.44 bits per heavy atom. The van der Waals surface area contributed by atoms with Crippen LogP contribution in [0.1, 0.15) is 38.5 Å². The van der Waals surface area contributed by atoms with Crippen LogP contribution in [0.3, 0.4) is 0 Å². The minimum Gasteiger partial charge on any atom is -0.396 e. The minimum absolute atomic E-state index is 0.0590. The molecule has 0 bridgehead atoms.